The number of nitrogens with zero attached hydrogens (tertiary/aromatic N) is 2. The zero-order valence-corrected chi connectivity index (χ0v) is 16.4. The summed E-state index contributed by atoms with van der Waals surface area (Å²) in [5, 5.41) is 27.0. The van der Waals surface area contributed by atoms with Crippen molar-refractivity contribution in [2.24, 2.45) is 0 Å². The highest BCUT2D eigenvalue weighted by molar-refractivity contribution is 6.31. The van der Waals surface area contributed by atoms with E-state index in [-0.39, 0.29) is 27.6 Å². The van der Waals surface area contributed by atoms with Crippen LogP contribution in [-0.4, -0.2) is 27.1 Å². The van der Waals surface area contributed by atoms with Gasteiger partial charge in [0.2, 0.25) is 0 Å². The number of nitro benzene ring substituents is 1. The van der Waals surface area contributed by atoms with Crippen molar-refractivity contribution >= 4 is 29.2 Å². The number of aromatic nitrogens is 1. The van der Waals surface area contributed by atoms with Crippen molar-refractivity contribution in [3.05, 3.63) is 80.6 Å². The highest BCUT2D eigenvalue weighted by atomic mass is 35.5. The van der Waals surface area contributed by atoms with Crippen molar-refractivity contribution in [1.82, 2.24) is 10.5 Å². The number of hydrogen-bond donors (Lipinski definition) is 2. The summed E-state index contributed by atoms with van der Waals surface area (Å²) in [5.74, 6) is -1.61. The Morgan fingerprint density at radius 3 is 2.60 bits per heavy atom. The van der Waals surface area contributed by atoms with E-state index in [1.807, 2.05) is 6.07 Å². The molecule has 1 aromatic heterocycles. The van der Waals surface area contributed by atoms with E-state index in [0.29, 0.717) is 11.3 Å². The van der Waals surface area contributed by atoms with E-state index in [1.165, 1.54) is 12.1 Å². The molecule has 3 aromatic rings. The summed E-state index contributed by atoms with van der Waals surface area (Å²) in [6, 6.07) is 11.4. The van der Waals surface area contributed by atoms with Gasteiger partial charge in [0.05, 0.1) is 17.4 Å². The lowest BCUT2D eigenvalue weighted by Crippen LogP contribution is -2.31. The van der Waals surface area contributed by atoms with Crippen LogP contribution in [0.2, 0.25) is 5.02 Å². The first-order valence-corrected chi connectivity index (χ1v) is 9.14. The summed E-state index contributed by atoms with van der Waals surface area (Å²) < 4.78 is 5.17. The third-order valence-electron chi connectivity index (χ3n) is 4.39. The lowest BCUT2D eigenvalue weighted by molar-refractivity contribution is -0.384. The molecule has 0 aliphatic rings. The summed E-state index contributed by atoms with van der Waals surface area (Å²) in [6.07, 6.45) is -0.530. The molecule has 1 atom stereocenters. The second-order valence-corrected chi connectivity index (χ2v) is 6.82. The van der Waals surface area contributed by atoms with Crippen LogP contribution in [0.25, 0.3) is 11.3 Å². The van der Waals surface area contributed by atoms with Gasteiger partial charge in [-0.1, -0.05) is 47.1 Å². The number of rotatable bonds is 7. The zero-order chi connectivity index (χ0) is 21.8. The number of benzene rings is 2. The van der Waals surface area contributed by atoms with Crippen LogP contribution in [0.3, 0.4) is 0 Å². The number of nitro groups is 1. The Morgan fingerprint density at radius 1 is 1.27 bits per heavy atom. The minimum absolute atomic E-state index is 0.0949. The summed E-state index contributed by atoms with van der Waals surface area (Å²) in [7, 11) is 0. The normalized spacial score (nSPS) is 11.7. The lowest BCUT2D eigenvalue weighted by Gasteiger charge is -2.18. The number of carbonyl (C=O) groups is 2. The second kappa shape index (κ2) is 8.75. The van der Waals surface area contributed by atoms with Crippen LogP contribution in [0, 0.1) is 17.0 Å². The fraction of sp³-hybridized carbons (Fsp3) is 0.150. The molecule has 2 N–H and O–H groups in total. The maximum Gasteiger partial charge on any atom is 0.305 e. The number of halogens is 1. The maximum atomic E-state index is 13.0. The minimum atomic E-state index is -1.21. The fourth-order valence-electron chi connectivity index (χ4n) is 2.99. The van der Waals surface area contributed by atoms with E-state index in [0.717, 1.165) is 6.07 Å². The van der Waals surface area contributed by atoms with Gasteiger partial charge in [-0.05, 0) is 13.0 Å². The molecule has 0 unspecified atom stereocenters. The smallest absolute Gasteiger partial charge is 0.305 e. The molecule has 10 heteroatoms. The molecule has 0 spiro atoms. The van der Waals surface area contributed by atoms with Crippen molar-refractivity contribution < 1.29 is 24.1 Å². The Kier molecular flexibility index (Phi) is 6.12. The number of amides is 1. The molecule has 0 saturated heterocycles. The first-order chi connectivity index (χ1) is 14.3. The summed E-state index contributed by atoms with van der Waals surface area (Å²) in [4.78, 5) is 34.9. The van der Waals surface area contributed by atoms with Crippen LogP contribution < -0.4 is 5.32 Å². The van der Waals surface area contributed by atoms with E-state index in [2.05, 4.69) is 10.5 Å². The molecule has 0 aliphatic carbocycles. The van der Waals surface area contributed by atoms with Gasteiger partial charge in [-0.3, -0.25) is 19.7 Å². The summed E-state index contributed by atoms with van der Waals surface area (Å²) in [5.41, 5.74) is 0.924. The molecule has 0 fully saturated rings. The molecular formula is C20H16ClN3O6. The van der Waals surface area contributed by atoms with Crippen molar-refractivity contribution in [3.8, 4) is 11.3 Å². The molecule has 9 nitrogen and oxygen atoms in total. The van der Waals surface area contributed by atoms with E-state index in [9.17, 15) is 24.8 Å². The first-order valence-electron chi connectivity index (χ1n) is 8.76. The van der Waals surface area contributed by atoms with E-state index in [4.69, 9.17) is 16.1 Å². The van der Waals surface area contributed by atoms with Crippen LogP contribution in [0.15, 0.2) is 53.1 Å². The molecule has 2 aromatic carbocycles. The van der Waals surface area contributed by atoms with Gasteiger partial charge in [-0.15, -0.1) is 0 Å². The van der Waals surface area contributed by atoms with Gasteiger partial charge < -0.3 is 14.9 Å². The van der Waals surface area contributed by atoms with E-state index >= 15 is 0 Å². The largest absolute Gasteiger partial charge is 0.481 e. The monoisotopic (exact) mass is 429 g/mol. The first kappa shape index (κ1) is 21.0. The quantitative estimate of drug-likeness (QED) is 0.425. The Labute approximate surface area is 175 Å². The molecule has 0 bridgehead atoms. The van der Waals surface area contributed by atoms with Crippen LogP contribution in [0.5, 0.6) is 0 Å². The molecule has 1 heterocycles. The summed E-state index contributed by atoms with van der Waals surface area (Å²) in [6.45, 7) is 1.56. The molecule has 0 radical (unpaired) electrons. The van der Waals surface area contributed by atoms with Gasteiger partial charge in [-0.2, -0.15) is 0 Å². The average Bonchev–Trinajstić information content (AvgIpc) is 3.09. The van der Waals surface area contributed by atoms with Gasteiger partial charge in [0.15, 0.2) is 0 Å². The number of non-ortho nitro benzene ring substituents is 1. The molecule has 0 aliphatic heterocycles. The fourth-order valence-corrected chi connectivity index (χ4v) is 3.24. The van der Waals surface area contributed by atoms with Gasteiger partial charge in [0.25, 0.3) is 11.6 Å². The topological polar surface area (TPSA) is 136 Å². The van der Waals surface area contributed by atoms with Crippen molar-refractivity contribution in [2.75, 3.05) is 0 Å². The molecule has 30 heavy (non-hydrogen) atoms. The number of nitrogens with one attached hydrogen (secondary N) is 1. The number of carboxylic acid groups (broad SMARTS) is 1. The second-order valence-electron chi connectivity index (χ2n) is 6.42. The molecule has 154 valence electrons. The molecular weight excluding hydrogens is 414 g/mol. The van der Waals surface area contributed by atoms with Crippen molar-refractivity contribution in [2.45, 2.75) is 19.4 Å². The van der Waals surface area contributed by atoms with Crippen LogP contribution in [0.4, 0.5) is 5.69 Å². The third-order valence-corrected chi connectivity index (χ3v) is 4.73. The van der Waals surface area contributed by atoms with Gasteiger partial charge in [0.1, 0.15) is 17.0 Å². The number of carbonyl (C=O) groups excluding carboxylic acids is 1. The van der Waals surface area contributed by atoms with Crippen molar-refractivity contribution in [1.29, 1.82) is 0 Å². The van der Waals surface area contributed by atoms with Gasteiger partial charge in [0, 0.05) is 28.3 Å². The average molecular weight is 430 g/mol. The lowest BCUT2D eigenvalue weighted by atomic mass is 10.0. The molecule has 1 amide bonds. The predicted molar refractivity (Wildman–Crippen MR) is 107 cm³/mol. The number of aliphatic carboxylic acids is 1. The van der Waals surface area contributed by atoms with E-state index in [1.54, 1.807) is 31.2 Å². The standard InChI is InChI=1S/C20H16ClN3O6/c1-11-18(19(23-30-11)12-5-3-2-4-6-12)20(27)22-16(10-17(25)26)14-9-13(24(28)29)7-8-15(14)21/h2-9,16H,10H2,1H3,(H,22,27)(H,25,26)/t16-/m0/s1. The number of hydrogen-bond acceptors (Lipinski definition) is 6. The van der Waals surface area contributed by atoms with Crippen LogP contribution in [-0.2, 0) is 4.79 Å². The van der Waals surface area contributed by atoms with Gasteiger partial charge in [-0.25, -0.2) is 0 Å². The highest BCUT2D eigenvalue weighted by Gasteiger charge is 2.27. The Hall–Kier alpha value is -3.72. The Morgan fingerprint density at radius 2 is 1.97 bits per heavy atom. The molecule has 3 rings (SSSR count). The summed E-state index contributed by atoms with van der Waals surface area (Å²) >= 11 is 6.15. The zero-order valence-electron chi connectivity index (χ0n) is 15.7. The highest BCUT2D eigenvalue weighted by Crippen LogP contribution is 2.31. The third kappa shape index (κ3) is 4.47. The predicted octanol–water partition coefficient (Wildman–Crippen LogP) is 4.16. The van der Waals surface area contributed by atoms with E-state index < -0.39 is 29.3 Å². The Balaban J connectivity index is 1.99. The van der Waals surface area contributed by atoms with Gasteiger partial charge >= 0.3 is 5.97 Å². The van der Waals surface area contributed by atoms with Crippen LogP contribution >= 0.6 is 11.6 Å². The maximum absolute atomic E-state index is 13.0. The molecule has 0 saturated carbocycles. The van der Waals surface area contributed by atoms with Crippen molar-refractivity contribution in [3.63, 3.8) is 0 Å². The van der Waals surface area contributed by atoms with Crippen LogP contribution in [0.1, 0.15) is 34.1 Å². The minimum Gasteiger partial charge on any atom is -0.481 e. The SMILES string of the molecule is Cc1onc(-c2ccccc2)c1C(=O)N[C@@H](CC(=O)O)c1cc([N+](=O)[O-])ccc1Cl. The number of aryl methyl sites for hydroxylation is 1. The number of carboxylic acids is 1. The Bertz CT molecular complexity index is 1110.